The Morgan fingerprint density at radius 2 is 1.85 bits per heavy atom. The van der Waals surface area contributed by atoms with Gasteiger partial charge in [0, 0.05) is 17.5 Å². The number of ether oxygens (including phenoxy) is 2. The molecule has 0 bridgehead atoms. The van der Waals surface area contributed by atoms with E-state index in [-0.39, 0.29) is 6.10 Å². The first-order valence-electron chi connectivity index (χ1n) is 6.48. The molecule has 0 unspecified atom stereocenters. The lowest BCUT2D eigenvalue weighted by Crippen LogP contribution is -2.07. The number of benzene rings is 2. The number of hydrogen-bond donors (Lipinski definition) is 1. The van der Waals surface area contributed by atoms with Crippen molar-refractivity contribution in [3.05, 3.63) is 53.6 Å². The van der Waals surface area contributed by atoms with E-state index in [2.05, 4.69) is 0 Å². The van der Waals surface area contributed by atoms with Crippen LogP contribution in [0.3, 0.4) is 0 Å². The lowest BCUT2D eigenvalue weighted by molar-refractivity contribution is 0.154. The van der Waals surface area contributed by atoms with E-state index in [1.165, 1.54) is 0 Å². The Hall–Kier alpha value is -1.71. The van der Waals surface area contributed by atoms with Crippen molar-refractivity contribution < 1.29 is 14.6 Å². The van der Waals surface area contributed by atoms with Gasteiger partial charge in [0.15, 0.2) is 11.5 Å². The standard InChI is InChI=1S/C16H17ClO3/c1-12(18)9-10-19-15-8-7-13(17)11-16(15)20-14-5-3-2-4-6-14/h2-8,11-12,18H,9-10H2,1H3/t12-/m0/s1. The molecule has 0 radical (unpaired) electrons. The van der Waals surface area contributed by atoms with E-state index in [9.17, 15) is 5.11 Å². The lowest BCUT2D eigenvalue weighted by atomic mass is 10.3. The van der Waals surface area contributed by atoms with Gasteiger partial charge in [0.25, 0.3) is 0 Å². The van der Waals surface area contributed by atoms with Gasteiger partial charge < -0.3 is 14.6 Å². The normalized spacial score (nSPS) is 11.9. The Labute approximate surface area is 123 Å². The Balaban J connectivity index is 2.11. The third-order valence-electron chi connectivity index (χ3n) is 2.67. The molecular formula is C16H17ClO3. The summed E-state index contributed by atoms with van der Waals surface area (Å²) in [6.45, 7) is 2.15. The molecule has 0 amide bonds. The van der Waals surface area contributed by atoms with E-state index in [4.69, 9.17) is 21.1 Å². The molecule has 0 heterocycles. The van der Waals surface area contributed by atoms with Crippen LogP contribution in [0, 0.1) is 0 Å². The van der Waals surface area contributed by atoms with E-state index < -0.39 is 0 Å². The SMILES string of the molecule is C[C@H](O)CCOc1ccc(Cl)cc1Oc1ccccc1. The molecule has 0 saturated carbocycles. The topological polar surface area (TPSA) is 38.7 Å². The summed E-state index contributed by atoms with van der Waals surface area (Å²) in [5, 5.41) is 9.83. The summed E-state index contributed by atoms with van der Waals surface area (Å²) in [7, 11) is 0. The molecule has 3 nitrogen and oxygen atoms in total. The van der Waals surface area contributed by atoms with E-state index in [1.807, 2.05) is 30.3 Å². The molecule has 4 heteroatoms. The summed E-state index contributed by atoms with van der Waals surface area (Å²) < 4.78 is 11.4. The van der Waals surface area contributed by atoms with Gasteiger partial charge in [-0.05, 0) is 31.2 Å². The van der Waals surface area contributed by atoms with Crippen molar-refractivity contribution in [2.45, 2.75) is 19.4 Å². The first-order chi connectivity index (χ1) is 9.65. The molecule has 0 aromatic heterocycles. The highest BCUT2D eigenvalue weighted by Gasteiger charge is 2.08. The van der Waals surface area contributed by atoms with E-state index in [0.717, 1.165) is 5.75 Å². The Bertz CT molecular complexity index is 541. The van der Waals surface area contributed by atoms with Gasteiger partial charge in [-0.2, -0.15) is 0 Å². The summed E-state index contributed by atoms with van der Waals surface area (Å²) in [5.41, 5.74) is 0. The van der Waals surface area contributed by atoms with Crippen LogP contribution in [-0.4, -0.2) is 17.8 Å². The van der Waals surface area contributed by atoms with Crippen LogP contribution >= 0.6 is 11.6 Å². The fourth-order valence-electron chi connectivity index (χ4n) is 1.64. The molecule has 0 aliphatic heterocycles. The lowest BCUT2D eigenvalue weighted by Gasteiger charge is -2.13. The number of para-hydroxylation sites is 1. The molecule has 0 spiro atoms. The van der Waals surface area contributed by atoms with Crippen LogP contribution in [0.2, 0.25) is 5.02 Å². The highest BCUT2D eigenvalue weighted by atomic mass is 35.5. The van der Waals surface area contributed by atoms with E-state index >= 15 is 0 Å². The van der Waals surface area contributed by atoms with Gasteiger partial charge in [-0.3, -0.25) is 0 Å². The maximum absolute atomic E-state index is 9.25. The minimum atomic E-state index is -0.388. The average Bonchev–Trinajstić information content (AvgIpc) is 2.42. The highest BCUT2D eigenvalue weighted by molar-refractivity contribution is 6.30. The highest BCUT2D eigenvalue weighted by Crippen LogP contribution is 2.34. The predicted octanol–water partition coefficient (Wildman–Crippen LogP) is 4.28. The van der Waals surface area contributed by atoms with Gasteiger partial charge in [0.2, 0.25) is 0 Å². The van der Waals surface area contributed by atoms with Crippen LogP contribution in [0.15, 0.2) is 48.5 Å². The first-order valence-corrected chi connectivity index (χ1v) is 6.86. The third kappa shape index (κ3) is 4.44. The van der Waals surface area contributed by atoms with Crippen LogP contribution in [0.4, 0.5) is 0 Å². The molecule has 0 fully saturated rings. The number of aliphatic hydroxyl groups excluding tert-OH is 1. The Kier molecular flexibility index (Phi) is 5.27. The second kappa shape index (κ2) is 7.17. The van der Waals surface area contributed by atoms with Crippen molar-refractivity contribution >= 4 is 11.6 Å². The minimum absolute atomic E-state index is 0.388. The van der Waals surface area contributed by atoms with Crippen LogP contribution < -0.4 is 9.47 Å². The maximum Gasteiger partial charge on any atom is 0.170 e. The summed E-state index contributed by atoms with van der Waals surface area (Å²) >= 11 is 5.99. The van der Waals surface area contributed by atoms with Gasteiger partial charge >= 0.3 is 0 Å². The Morgan fingerprint density at radius 3 is 2.55 bits per heavy atom. The van der Waals surface area contributed by atoms with Crippen molar-refractivity contribution in [2.75, 3.05) is 6.61 Å². The Morgan fingerprint density at radius 1 is 1.10 bits per heavy atom. The molecule has 2 aromatic rings. The van der Waals surface area contributed by atoms with Crippen LogP contribution in [0.1, 0.15) is 13.3 Å². The zero-order valence-corrected chi connectivity index (χ0v) is 12.0. The van der Waals surface area contributed by atoms with Crippen LogP contribution in [0.5, 0.6) is 17.2 Å². The third-order valence-corrected chi connectivity index (χ3v) is 2.91. The van der Waals surface area contributed by atoms with Crippen molar-refractivity contribution in [3.63, 3.8) is 0 Å². The fraction of sp³-hybridized carbons (Fsp3) is 0.250. The van der Waals surface area contributed by atoms with Crippen molar-refractivity contribution in [1.82, 2.24) is 0 Å². The molecule has 1 N–H and O–H groups in total. The van der Waals surface area contributed by atoms with E-state index in [1.54, 1.807) is 25.1 Å². The molecule has 20 heavy (non-hydrogen) atoms. The number of aliphatic hydroxyl groups is 1. The minimum Gasteiger partial charge on any atom is -0.490 e. The zero-order chi connectivity index (χ0) is 14.4. The second-order valence-corrected chi connectivity index (χ2v) is 4.93. The van der Waals surface area contributed by atoms with Crippen molar-refractivity contribution in [1.29, 1.82) is 0 Å². The van der Waals surface area contributed by atoms with Crippen LogP contribution in [-0.2, 0) is 0 Å². The summed E-state index contributed by atoms with van der Waals surface area (Å²) in [6.07, 6.45) is 0.175. The summed E-state index contributed by atoms with van der Waals surface area (Å²) in [4.78, 5) is 0. The quantitative estimate of drug-likeness (QED) is 0.863. The molecular weight excluding hydrogens is 276 g/mol. The smallest absolute Gasteiger partial charge is 0.170 e. The number of halogens is 1. The fourth-order valence-corrected chi connectivity index (χ4v) is 1.80. The van der Waals surface area contributed by atoms with Crippen molar-refractivity contribution in [3.8, 4) is 17.2 Å². The van der Waals surface area contributed by atoms with Gasteiger partial charge in [-0.25, -0.2) is 0 Å². The summed E-state index contributed by atoms with van der Waals surface area (Å²) in [5.74, 6) is 1.89. The molecule has 0 aliphatic rings. The van der Waals surface area contributed by atoms with Gasteiger partial charge in [-0.15, -0.1) is 0 Å². The molecule has 2 aromatic carbocycles. The molecule has 1 atom stereocenters. The maximum atomic E-state index is 9.25. The number of hydrogen-bond acceptors (Lipinski definition) is 3. The van der Waals surface area contributed by atoms with Crippen LogP contribution in [0.25, 0.3) is 0 Å². The average molecular weight is 293 g/mol. The second-order valence-electron chi connectivity index (χ2n) is 4.49. The van der Waals surface area contributed by atoms with Gasteiger partial charge in [0.05, 0.1) is 12.7 Å². The van der Waals surface area contributed by atoms with Gasteiger partial charge in [0.1, 0.15) is 5.75 Å². The van der Waals surface area contributed by atoms with Crippen molar-refractivity contribution in [2.24, 2.45) is 0 Å². The first kappa shape index (κ1) is 14.7. The largest absolute Gasteiger partial charge is 0.490 e. The zero-order valence-electron chi connectivity index (χ0n) is 11.3. The molecule has 2 rings (SSSR count). The number of rotatable bonds is 6. The molecule has 0 saturated heterocycles. The molecule has 106 valence electrons. The monoisotopic (exact) mass is 292 g/mol. The van der Waals surface area contributed by atoms with Gasteiger partial charge in [-0.1, -0.05) is 29.8 Å². The van der Waals surface area contributed by atoms with E-state index in [0.29, 0.717) is 29.5 Å². The summed E-state index contributed by atoms with van der Waals surface area (Å²) in [6, 6.07) is 14.7. The predicted molar refractivity (Wildman–Crippen MR) is 79.8 cm³/mol. The molecule has 0 aliphatic carbocycles.